The first-order chi connectivity index (χ1) is 8.29. The van der Waals surface area contributed by atoms with Crippen molar-refractivity contribution < 1.29 is 0 Å². The maximum Gasteiger partial charge on any atom is 0.156 e. The topological polar surface area (TPSA) is 37.8 Å². The minimum atomic E-state index is 0.360. The van der Waals surface area contributed by atoms with Gasteiger partial charge in [-0.3, -0.25) is 0 Å². The third-order valence-electron chi connectivity index (χ3n) is 2.37. The van der Waals surface area contributed by atoms with Crippen molar-refractivity contribution in [2.45, 2.75) is 29.3 Å². The molecule has 0 aliphatic carbocycles. The van der Waals surface area contributed by atoms with E-state index in [2.05, 4.69) is 41.3 Å². The van der Waals surface area contributed by atoms with Gasteiger partial charge in [0.15, 0.2) is 4.34 Å². The molecule has 2 rings (SSSR count). The molecule has 1 N–H and O–H groups in total. The average Bonchev–Trinajstić information content (AvgIpc) is 2.82. The predicted molar refractivity (Wildman–Crippen MR) is 72.6 cm³/mol. The summed E-state index contributed by atoms with van der Waals surface area (Å²) in [5, 5.41) is 6.38. The third kappa shape index (κ3) is 3.52. The first kappa shape index (κ1) is 12.5. The van der Waals surface area contributed by atoms with E-state index in [-0.39, 0.29) is 0 Å². The molecule has 90 valence electrons. The summed E-state index contributed by atoms with van der Waals surface area (Å²) >= 11 is 3.25. The molecule has 0 saturated heterocycles. The summed E-state index contributed by atoms with van der Waals surface area (Å²) in [6.45, 7) is 5.25. The van der Waals surface area contributed by atoms with Gasteiger partial charge in [0.05, 0.1) is 0 Å². The standard InChI is InChI=1S/C12H15N3S2/c1-3-13-9(2)10-4-5-14-11(8-10)17-12-15-6-7-16-12/h4-9,13H,3H2,1-2H3. The Kier molecular flexibility index (Phi) is 4.53. The van der Waals surface area contributed by atoms with Crippen molar-refractivity contribution in [2.24, 2.45) is 0 Å². The van der Waals surface area contributed by atoms with E-state index in [1.54, 1.807) is 23.1 Å². The smallest absolute Gasteiger partial charge is 0.156 e. The molecule has 0 amide bonds. The zero-order valence-corrected chi connectivity index (χ0v) is 11.5. The number of pyridine rings is 1. The number of rotatable bonds is 5. The van der Waals surface area contributed by atoms with Crippen LogP contribution in [0.4, 0.5) is 0 Å². The quantitative estimate of drug-likeness (QED) is 0.899. The Morgan fingerprint density at radius 1 is 1.41 bits per heavy atom. The lowest BCUT2D eigenvalue weighted by molar-refractivity contribution is 0.596. The molecule has 0 aromatic carbocycles. The highest BCUT2D eigenvalue weighted by Gasteiger charge is 2.06. The molecule has 0 bridgehead atoms. The number of hydrogen-bond acceptors (Lipinski definition) is 5. The molecule has 0 fully saturated rings. The summed E-state index contributed by atoms with van der Waals surface area (Å²) in [5.74, 6) is 0. The highest BCUT2D eigenvalue weighted by atomic mass is 32.2. The van der Waals surface area contributed by atoms with Crippen LogP contribution in [0.2, 0.25) is 0 Å². The normalized spacial score (nSPS) is 12.6. The molecule has 0 radical (unpaired) electrons. The van der Waals surface area contributed by atoms with Gasteiger partial charge in [0, 0.05) is 23.8 Å². The first-order valence-corrected chi connectivity index (χ1v) is 7.26. The molecule has 2 heterocycles. The maximum absolute atomic E-state index is 4.36. The fraction of sp³-hybridized carbons (Fsp3) is 0.333. The minimum absolute atomic E-state index is 0.360. The summed E-state index contributed by atoms with van der Waals surface area (Å²) < 4.78 is 1.03. The summed E-state index contributed by atoms with van der Waals surface area (Å²) in [7, 11) is 0. The number of aromatic nitrogens is 2. The van der Waals surface area contributed by atoms with Crippen LogP contribution in [0.3, 0.4) is 0 Å². The van der Waals surface area contributed by atoms with Crippen molar-refractivity contribution in [3.05, 3.63) is 35.5 Å². The largest absolute Gasteiger partial charge is 0.310 e. The van der Waals surface area contributed by atoms with E-state index in [9.17, 15) is 0 Å². The molecule has 0 spiro atoms. The second-order valence-corrected chi connectivity index (χ2v) is 5.77. The number of thiazole rings is 1. The lowest BCUT2D eigenvalue weighted by Crippen LogP contribution is -2.17. The molecule has 3 nitrogen and oxygen atoms in total. The fourth-order valence-electron chi connectivity index (χ4n) is 1.52. The molecule has 5 heteroatoms. The summed E-state index contributed by atoms with van der Waals surface area (Å²) in [4.78, 5) is 8.61. The molecule has 0 aliphatic heterocycles. The Morgan fingerprint density at radius 2 is 2.29 bits per heavy atom. The molecule has 0 aliphatic rings. The number of nitrogens with zero attached hydrogens (tertiary/aromatic N) is 2. The zero-order chi connectivity index (χ0) is 12.1. The van der Waals surface area contributed by atoms with Gasteiger partial charge in [-0.15, -0.1) is 11.3 Å². The predicted octanol–water partition coefficient (Wildman–Crippen LogP) is 3.36. The molecule has 17 heavy (non-hydrogen) atoms. The van der Waals surface area contributed by atoms with Crippen LogP contribution in [-0.4, -0.2) is 16.5 Å². The van der Waals surface area contributed by atoms with Gasteiger partial charge in [-0.05, 0) is 42.9 Å². The van der Waals surface area contributed by atoms with Gasteiger partial charge in [-0.1, -0.05) is 6.92 Å². The number of hydrogen-bond donors (Lipinski definition) is 1. The second-order valence-electron chi connectivity index (χ2n) is 3.61. The Labute approximate surface area is 110 Å². The van der Waals surface area contributed by atoms with E-state index in [1.165, 1.54) is 5.56 Å². The van der Waals surface area contributed by atoms with E-state index >= 15 is 0 Å². The van der Waals surface area contributed by atoms with Gasteiger partial charge in [0.25, 0.3) is 0 Å². The Morgan fingerprint density at radius 3 is 3.00 bits per heavy atom. The third-order valence-corrected chi connectivity index (χ3v) is 4.19. The lowest BCUT2D eigenvalue weighted by atomic mass is 10.1. The van der Waals surface area contributed by atoms with Gasteiger partial charge in [-0.25, -0.2) is 9.97 Å². The first-order valence-electron chi connectivity index (χ1n) is 5.56. The van der Waals surface area contributed by atoms with E-state index in [0.29, 0.717) is 6.04 Å². The van der Waals surface area contributed by atoms with E-state index in [1.807, 2.05) is 17.8 Å². The maximum atomic E-state index is 4.36. The number of nitrogens with one attached hydrogen (secondary N) is 1. The molecular weight excluding hydrogens is 250 g/mol. The molecule has 1 atom stereocenters. The van der Waals surface area contributed by atoms with Gasteiger partial charge in [0.1, 0.15) is 5.03 Å². The van der Waals surface area contributed by atoms with Crippen LogP contribution < -0.4 is 5.32 Å². The van der Waals surface area contributed by atoms with E-state index in [0.717, 1.165) is 15.9 Å². The van der Waals surface area contributed by atoms with Crippen molar-refractivity contribution in [3.63, 3.8) is 0 Å². The van der Waals surface area contributed by atoms with Gasteiger partial charge in [0.2, 0.25) is 0 Å². The monoisotopic (exact) mass is 265 g/mol. The van der Waals surface area contributed by atoms with Crippen molar-refractivity contribution in [3.8, 4) is 0 Å². The van der Waals surface area contributed by atoms with Crippen molar-refractivity contribution >= 4 is 23.1 Å². The van der Waals surface area contributed by atoms with Crippen LogP contribution in [0.5, 0.6) is 0 Å². The fourth-order valence-corrected chi connectivity index (χ4v) is 3.10. The van der Waals surface area contributed by atoms with Crippen molar-refractivity contribution in [1.29, 1.82) is 0 Å². The Balaban J connectivity index is 2.11. The lowest BCUT2D eigenvalue weighted by Gasteiger charge is -2.12. The Bertz CT molecular complexity index is 457. The molecule has 2 aromatic heterocycles. The van der Waals surface area contributed by atoms with Crippen LogP contribution in [0.15, 0.2) is 39.3 Å². The average molecular weight is 265 g/mol. The highest BCUT2D eigenvalue weighted by molar-refractivity contribution is 8.00. The van der Waals surface area contributed by atoms with Gasteiger partial charge in [-0.2, -0.15) is 0 Å². The minimum Gasteiger partial charge on any atom is -0.310 e. The Hall–Kier alpha value is -0.910. The highest BCUT2D eigenvalue weighted by Crippen LogP contribution is 2.28. The molecule has 1 unspecified atom stereocenters. The van der Waals surface area contributed by atoms with E-state index in [4.69, 9.17) is 0 Å². The molecule has 2 aromatic rings. The van der Waals surface area contributed by atoms with Crippen LogP contribution in [-0.2, 0) is 0 Å². The summed E-state index contributed by atoms with van der Waals surface area (Å²) in [6, 6.07) is 4.54. The van der Waals surface area contributed by atoms with Crippen LogP contribution >= 0.6 is 23.1 Å². The zero-order valence-electron chi connectivity index (χ0n) is 9.88. The summed E-state index contributed by atoms with van der Waals surface area (Å²) in [6.07, 6.45) is 3.68. The van der Waals surface area contributed by atoms with Gasteiger partial charge < -0.3 is 5.32 Å². The van der Waals surface area contributed by atoms with Gasteiger partial charge >= 0.3 is 0 Å². The van der Waals surface area contributed by atoms with Crippen LogP contribution in [0.25, 0.3) is 0 Å². The SMILES string of the molecule is CCNC(C)c1ccnc(Sc2nccs2)c1. The van der Waals surface area contributed by atoms with Crippen molar-refractivity contribution in [1.82, 2.24) is 15.3 Å². The van der Waals surface area contributed by atoms with Crippen LogP contribution in [0, 0.1) is 0 Å². The second kappa shape index (κ2) is 6.14. The summed E-state index contributed by atoms with van der Waals surface area (Å²) in [5.41, 5.74) is 1.26. The molecular formula is C12H15N3S2. The van der Waals surface area contributed by atoms with Crippen LogP contribution in [0.1, 0.15) is 25.5 Å². The van der Waals surface area contributed by atoms with E-state index < -0.39 is 0 Å². The molecule has 0 saturated carbocycles. The van der Waals surface area contributed by atoms with Crippen molar-refractivity contribution in [2.75, 3.05) is 6.54 Å².